The zero-order valence-corrected chi connectivity index (χ0v) is 18.9. The summed E-state index contributed by atoms with van der Waals surface area (Å²) >= 11 is 0. The molecule has 1 aliphatic rings. The van der Waals surface area contributed by atoms with Crippen molar-refractivity contribution in [1.29, 1.82) is 0 Å². The number of allylic oxidation sites excluding steroid dienone is 1. The maximum absolute atomic E-state index is 10.5. The van der Waals surface area contributed by atoms with Gasteiger partial charge in [-0.05, 0) is 38.5 Å². The molecule has 0 radical (unpaired) electrons. The first-order valence-electron chi connectivity index (χ1n) is 11.7. The fraction of sp³-hybridized carbons (Fsp3) is 0.760. The number of carboxylic acid groups (broad SMARTS) is 2. The Bertz CT molecular complexity index is 487. The first-order chi connectivity index (χ1) is 13.9. The van der Waals surface area contributed by atoms with Gasteiger partial charge in [-0.15, -0.1) is 0 Å². The lowest BCUT2D eigenvalue weighted by Gasteiger charge is -2.20. The van der Waals surface area contributed by atoms with Crippen molar-refractivity contribution in [2.75, 3.05) is 0 Å². The highest BCUT2D eigenvalue weighted by Gasteiger charge is 2.20. The lowest BCUT2D eigenvalue weighted by molar-refractivity contribution is -0.134. The average molecular weight is 409 g/mol. The van der Waals surface area contributed by atoms with Crippen LogP contribution in [0.4, 0.5) is 0 Å². The van der Waals surface area contributed by atoms with Crippen LogP contribution >= 0.6 is 0 Å². The predicted molar refractivity (Wildman–Crippen MR) is 121 cm³/mol. The SMILES string of the molecule is C=C(C(=O)O)C1CCCCC1.CCCCCCCCCCCC/C=C(\C)C(=O)O. The molecular formula is C25H44O4. The molecule has 29 heavy (non-hydrogen) atoms. The molecule has 0 amide bonds. The third-order valence-electron chi connectivity index (χ3n) is 5.72. The molecule has 0 atom stereocenters. The van der Waals surface area contributed by atoms with E-state index in [0.717, 1.165) is 38.5 Å². The maximum Gasteiger partial charge on any atom is 0.331 e. The summed E-state index contributed by atoms with van der Waals surface area (Å²) in [4.78, 5) is 21.0. The van der Waals surface area contributed by atoms with Crippen molar-refractivity contribution in [1.82, 2.24) is 0 Å². The van der Waals surface area contributed by atoms with Crippen molar-refractivity contribution in [3.8, 4) is 0 Å². The molecule has 0 aromatic carbocycles. The second-order valence-corrected chi connectivity index (χ2v) is 8.33. The van der Waals surface area contributed by atoms with Gasteiger partial charge in [-0.2, -0.15) is 0 Å². The third-order valence-corrected chi connectivity index (χ3v) is 5.72. The fourth-order valence-corrected chi connectivity index (χ4v) is 3.66. The van der Waals surface area contributed by atoms with Gasteiger partial charge in [0.1, 0.15) is 0 Å². The fourth-order valence-electron chi connectivity index (χ4n) is 3.66. The molecule has 0 heterocycles. The Morgan fingerprint density at radius 2 is 1.31 bits per heavy atom. The van der Waals surface area contributed by atoms with Crippen LogP contribution in [0.15, 0.2) is 23.8 Å². The first kappa shape index (κ1) is 27.4. The quantitative estimate of drug-likeness (QED) is 0.230. The van der Waals surface area contributed by atoms with Gasteiger partial charge in [-0.1, -0.05) is 96.6 Å². The van der Waals surface area contributed by atoms with Crippen molar-refractivity contribution in [3.63, 3.8) is 0 Å². The minimum absolute atomic E-state index is 0.251. The van der Waals surface area contributed by atoms with E-state index in [2.05, 4.69) is 13.5 Å². The highest BCUT2D eigenvalue weighted by Crippen LogP contribution is 2.28. The largest absolute Gasteiger partial charge is 0.478 e. The molecule has 0 aromatic rings. The van der Waals surface area contributed by atoms with Crippen molar-refractivity contribution < 1.29 is 19.8 Å². The van der Waals surface area contributed by atoms with E-state index in [1.54, 1.807) is 6.92 Å². The second kappa shape index (κ2) is 18.4. The minimum Gasteiger partial charge on any atom is -0.478 e. The molecule has 0 spiro atoms. The molecule has 4 nitrogen and oxygen atoms in total. The zero-order chi connectivity index (χ0) is 21.9. The summed E-state index contributed by atoms with van der Waals surface area (Å²) < 4.78 is 0. The first-order valence-corrected chi connectivity index (χ1v) is 11.7. The van der Waals surface area contributed by atoms with Gasteiger partial charge in [0.15, 0.2) is 0 Å². The molecule has 1 rings (SSSR count). The molecule has 2 N–H and O–H groups in total. The zero-order valence-electron chi connectivity index (χ0n) is 18.9. The molecule has 1 aliphatic carbocycles. The maximum atomic E-state index is 10.5. The Hall–Kier alpha value is -1.58. The Labute approximate surface area is 178 Å². The monoisotopic (exact) mass is 408 g/mol. The van der Waals surface area contributed by atoms with Crippen molar-refractivity contribution >= 4 is 11.9 Å². The van der Waals surface area contributed by atoms with Crippen molar-refractivity contribution in [2.24, 2.45) is 5.92 Å². The third kappa shape index (κ3) is 16.0. The molecular weight excluding hydrogens is 364 g/mol. The van der Waals surface area contributed by atoms with E-state index in [1.165, 1.54) is 64.2 Å². The Balaban J connectivity index is 0.000000604. The van der Waals surface area contributed by atoms with Gasteiger partial charge < -0.3 is 10.2 Å². The van der Waals surface area contributed by atoms with Gasteiger partial charge in [0.25, 0.3) is 0 Å². The molecule has 0 bridgehead atoms. The summed E-state index contributed by atoms with van der Waals surface area (Å²) in [6.45, 7) is 7.49. The summed E-state index contributed by atoms with van der Waals surface area (Å²) in [5.41, 5.74) is 0.885. The number of hydrogen-bond donors (Lipinski definition) is 2. The Morgan fingerprint density at radius 3 is 1.76 bits per heavy atom. The topological polar surface area (TPSA) is 74.6 Å². The van der Waals surface area contributed by atoms with Gasteiger partial charge in [0.05, 0.1) is 0 Å². The lowest BCUT2D eigenvalue weighted by atomic mass is 9.84. The van der Waals surface area contributed by atoms with Crippen molar-refractivity contribution in [3.05, 3.63) is 23.8 Å². The van der Waals surface area contributed by atoms with E-state index in [0.29, 0.717) is 11.1 Å². The van der Waals surface area contributed by atoms with Crippen LogP contribution < -0.4 is 0 Å². The van der Waals surface area contributed by atoms with Crippen LogP contribution in [0.5, 0.6) is 0 Å². The van der Waals surface area contributed by atoms with Gasteiger partial charge in [0.2, 0.25) is 0 Å². The lowest BCUT2D eigenvalue weighted by Crippen LogP contribution is -2.14. The van der Waals surface area contributed by atoms with E-state index in [1.807, 2.05) is 6.08 Å². The molecule has 0 unspecified atom stereocenters. The second-order valence-electron chi connectivity index (χ2n) is 8.33. The summed E-state index contributed by atoms with van der Waals surface area (Å²) in [5, 5.41) is 17.3. The molecule has 4 heteroatoms. The van der Waals surface area contributed by atoms with Crippen LogP contribution in [0.1, 0.15) is 117 Å². The summed E-state index contributed by atoms with van der Waals surface area (Å²) in [6, 6.07) is 0. The van der Waals surface area contributed by atoms with E-state index >= 15 is 0 Å². The van der Waals surface area contributed by atoms with Gasteiger partial charge in [-0.25, -0.2) is 9.59 Å². The van der Waals surface area contributed by atoms with Crippen LogP contribution in [0, 0.1) is 5.92 Å². The molecule has 0 saturated heterocycles. The number of carboxylic acids is 2. The van der Waals surface area contributed by atoms with Gasteiger partial charge in [-0.3, -0.25) is 0 Å². The summed E-state index contributed by atoms with van der Waals surface area (Å²) in [6.07, 6.45) is 21.6. The van der Waals surface area contributed by atoms with Crippen LogP contribution in [-0.4, -0.2) is 22.2 Å². The van der Waals surface area contributed by atoms with Crippen LogP contribution in [0.3, 0.4) is 0 Å². The highest BCUT2D eigenvalue weighted by atomic mass is 16.4. The van der Waals surface area contributed by atoms with Crippen molar-refractivity contribution in [2.45, 2.75) is 117 Å². The van der Waals surface area contributed by atoms with E-state index in [-0.39, 0.29) is 5.92 Å². The van der Waals surface area contributed by atoms with Gasteiger partial charge >= 0.3 is 11.9 Å². The number of unbranched alkanes of at least 4 members (excludes halogenated alkanes) is 10. The number of aliphatic carboxylic acids is 2. The van der Waals surface area contributed by atoms with E-state index in [9.17, 15) is 9.59 Å². The minimum atomic E-state index is -0.822. The van der Waals surface area contributed by atoms with Crippen LogP contribution in [-0.2, 0) is 9.59 Å². The van der Waals surface area contributed by atoms with E-state index < -0.39 is 11.9 Å². The summed E-state index contributed by atoms with van der Waals surface area (Å²) in [7, 11) is 0. The van der Waals surface area contributed by atoms with Crippen LogP contribution in [0.25, 0.3) is 0 Å². The average Bonchev–Trinajstić information content (AvgIpc) is 2.72. The predicted octanol–water partition coefficient (Wildman–Crippen LogP) is 7.54. The smallest absolute Gasteiger partial charge is 0.331 e. The Morgan fingerprint density at radius 1 is 0.828 bits per heavy atom. The molecule has 1 fully saturated rings. The van der Waals surface area contributed by atoms with E-state index in [4.69, 9.17) is 10.2 Å². The molecule has 0 aliphatic heterocycles. The van der Waals surface area contributed by atoms with Gasteiger partial charge in [0, 0.05) is 11.1 Å². The molecule has 1 saturated carbocycles. The summed E-state index contributed by atoms with van der Waals surface area (Å²) in [5.74, 6) is -1.36. The highest BCUT2D eigenvalue weighted by molar-refractivity contribution is 5.86. The molecule has 0 aromatic heterocycles. The number of rotatable bonds is 14. The normalized spacial score (nSPS) is 14.8. The standard InChI is InChI=1S/C16H30O2.C9H14O2/c1-3-4-5-6-7-8-9-10-11-12-13-14-15(2)16(17)18;1-7(9(10)11)8-5-3-2-4-6-8/h14H,3-13H2,1-2H3,(H,17,18);8H,1-6H2,(H,10,11)/b15-14+;. The number of hydrogen-bond acceptors (Lipinski definition) is 2. The Kier molecular flexibility index (Phi) is 17.4. The molecule has 168 valence electrons. The van der Waals surface area contributed by atoms with Crippen LogP contribution in [0.2, 0.25) is 0 Å². The number of carbonyl (C=O) groups is 2.